The van der Waals surface area contributed by atoms with Crippen molar-refractivity contribution >= 4 is 11.9 Å². The van der Waals surface area contributed by atoms with E-state index < -0.39 is 23.8 Å². The van der Waals surface area contributed by atoms with E-state index in [-0.39, 0.29) is 13.2 Å². The van der Waals surface area contributed by atoms with Gasteiger partial charge in [-0.3, -0.25) is 9.59 Å². The minimum absolute atomic E-state index is 0.131. The molecule has 0 saturated carbocycles. The molecule has 1 N–H and O–H groups in total. The third-order valence-corrected chi connectivity index (χ3v) is 2.25. The maximum Gasteiger partial charge on any atom is 0.310 e. The average molecular weight is 248 g/mol. The predicted octanol–water partition coefficient (Wildman–Crippen LogP) is 0.897. The van der Waals surface area contributed by atoms with Gasteiger partial charge in [-0.1, -0.05) is 13.8 Å². The number of rotatable bonds is 9. The molecule has 6 heteroatoms. The summed E-state index contributed by atoms with van der Waals surface area (Å²) in [7, 11) is 1.55. The smallest absolute Gasteiger partial charge is 0.310 e. The van der Waals surface area contributed by atoms with Gasteiger partial charge in [0, 0.05) is 7.11 Å². The molecule has 2 unspecified atom stereocenters. The van der Waals surface area contributed by atoms with Crippen LogP contribution in [0.1, 0.15) is 20.3 Å². The lowest BCUT2D eigenvalue weighted by molar-refractivity contribution is -0.162. The molecule has 0 rings (SSSR count). The second-order valence-corrected chi connectivity index (χ2v) is 3.86. The van der Waals surface area contributed by atoms with E-state index >= 15 is 0 Å². The fourth-order valence-electron chi connectivity index (χ4n) is 1.17. The lowest BCUT2D eigenvalue weighted by atomic mass is 9.98. The Labute approximate surface area is 101 Å². The number of esters is 1. The highest BCUT2D eigenvalue weighted by Gasteiger charge is 2.21. The van der Waals surface area contributed by atoms with E-state index in [1.807, 2.05) is 0 Å². The van der Waals surface area contributed by atoms with E-state index in [1.165, 1.54) is 0 Å². The van der Waals surface area contributed by atoms with Crippen molar-refractivity contribution in [2.24, 2.45) is 11.8 Å². The van der Waals surface area contributed by atoms with Crippen LogP contribution in [0.5, 0.6) is 0 Å². The normalized spacial score (nSPS) is 14.1. The first-order valence-electron chi connectivity index (χ1n) is 5.45. The van der Waals surface area contributed by atoms with Gasteiger partial charge in [0.05, 0.1) is 25.0 Å². The minimum atomic E-state index is -0.916. The quantitative estimate of drug-likeness (QED) is 0.371. The standard InChI is InChI=1S/C11H20O6/c1-8(10(12)13)6-9(2)11(14)17-7-16-5-4-15-3/h8-9H,4-7H2,1-3H3,(H,12,13). The van der Waals surface area contributed by atoms with Gasteiger partial charge in [-0.2, -0.15) is 0 Å². The molecule has 0 aliphatic carbocycles. The van der Waals surface area contributed by atoms with Gasteiger partial charge < -0.3 is 19.3 Å². The summed E-state index contributed by atoms with van der Waals surface area (Å²) in [6.07, 6.45) is 0.256. The number of aliphatic carboxylic acids is 1. The van der Waals surface area contributed by atoms with Crippen molar-refractivity contribution in [2.75, 3.05) is 27.1 Å². The maximum atomic E-state index is 11.4. The highest BCUT2D eigenvalue weighted by Crippen LogP contribution is 2.13. The number of hydrogen-bond donors (Lipinski definition) is 1. The lowest BCUT2D eigenvalue weighted by Crippen LogP contribution is -2.22. The molecule has 0 aliphatic rings. The lowest BCUT2D eigenvalue weighted by Gasteiger charge is -2.13. The van der Waals surface area contributed by atoms with Crippen LogP contribution in [0.15, 0.2) is 0 Å². The van der Waals surface area contributed by atoms with Crippen molar-refractivity contribution in [2.45, 2.75) is 20.3 Å². The molecular weight excluding hydrogens is 228 g/mol. The molecule has 0 amide bonds. The second kappa shape index (κ2) is 8.95. The molecule has 0 fully saturated rings. The molecule has 0 radical (unpaired) electrons. The van der Waals surface area contributed by atoms with Crippen LogP contribution in [0.25, 0.3) is 0 Å². The second-order valence-electron chi connectivity index (χ2n) is 3.86. The molecular formula is C11H20O6. The van der Waals surface area contributed by atoms with Gasteiger partial charge >= 0.3 is 11.9 Å². The fraction of sp³-hybridized carbons (Fsp3) is 0.818. The van der Waals surface area contributed by atoms with Crippen LogP contribution >= 0.6 is 0 Å². The molecule has 2 atom stereocenters. The summed E-state index contributed by atoms with van der Waals surface area (Å²) >= 11 is 0. The molecule has 17 heavy (non-hydrogen) atoms. The van der Waals surface area contributed by atoms with E-state index in [4.69, 9.17) is 19.3 Å². The highest BCUT2D eigenvalue weighted by atomic mass is 16.7. The Morgan fingerprint density at radius 1 is 1.18 bits per heavy atom. The van der Waals surface area contributed by atoms with Crippen LogP contribution in [-0.2, 0) is 23.8 Å². The number of carboxylic acid groups (broad SMARTS) is 1. The zero-order valence-corrected chi connectivity index (χ0v) is 10.5. The summed E-state index contributed by atoms with van der Waals surface area (Å²) in [5, 5.41) is 8.70. The van der Waals surface area contributed by atoms with Crippen LogP contribution in [-0.4, -0.2) is 44.2 Å². The van der Waals surface area contributed by atoms with E-state index in [0.717, 1.165) is 0 Å². The Hall–Kier alpha value is -1.14. The number of carbonyl (C=O) groups is 2. The summed E-state index contributed by atoms with van der Waals surface area (Å²) in [6.45, 7) is 3.85. The van der Waals surface area contributed by atoms with Crippen LogP contribution in [0.4, 0.5) is 0 Å². The number of carboxylic acids is 1. The molecule has 0 aromatic heterocycles. The maximum absolute atomic E-state index is 11.4. The summed E-state index contributed by atoms with van der Waals surface area (Å²) in [5.41, 5.74) is 0. The molecule has 0 aliphatic heterocycles. The monoisotopic (exact) mass is 248 g/mol. The summed E-state index contributed by atoms with van der Waals surface area (Å²) in [5.74, 6) is -2.38. The zero-order valence-electron chi connectivity index (χ0n) is 10.5. The summed E-state index contributed by atoms with van der Waals surface area (Å²) < 4.78 is 14.5. The van der Waals surface area contributed by atoms with Crippen LogP contribution in [0.2, 0.25) is 0 Å². The topological polar surface area (TPSA) is 82.1 Å². The van der Waals surface area contributed by atoms with E-state index in [2.05, 4.69) is 0 Å². The Balaban J connectivity index is 3.71. The van der Waals surface area contributed by atoms with E-state index in [0.29, 0.717) is 13.2 Å². The summed E-state index contributed by atoms with van der Waals surface area (Å²) in [6, 6.07) is 0. The molecule has 0 aromatic carbocycles. The Bertz CT molecular complexity index is 240. The predicted molar refractivity (Wildman–Crippen MR) is 59.4 cm³/mol. The number of methoxy groups -OCH3 is 1. The minimum Gasteiger partial charge on any atom is -0.481 e. The van der Waals surface area contributed by atoms with Crippen molar-refractivity contribution in [1.82, 2.24) is 0 Å². The van der Waals surface area contributed by atoms with Crippen LogP contribution in [0, 0.1) is 11.8 Å². The highest BCUT2D eigenvalue weighted by molar-refractivity contribution is 5.74. The Kier molecular flexibility index (Phi) is 8.35. The van der Waals surface area contributed by atoms with Gasteiger partial charge in [0.15, 0.2) is 6.79 Å². The fourth-order valence-corrected chi connectivity index (χ4v) is 1.17. The number of carbonyl (C=O) groups excluding carboxylic acids is 1. The molecule has 0 saturated heterocycles. The van der Waals surface area contributed by atoms with Crippen LogP contribution in [0.3, 0.4) is 0 Å². The van der Waals surface area contributed by atoms with Gasteiger partial charge in [-0.15, -0.1) is 0 Å². The SMILES string of the molecule is COCCOCOC(=O)C(C)CC(C)C(=O)O. The molecule has 6 nitrogen and oxygen atoms in total. The zero-order chi connectivity index (χ0) is 13.3. The molecule has 0 bridgehead atoms. The average Bonchev–Trinajstić information content (AvgIpc) is 2.28. The first kappa shape index (κ1) is 15.9. The molecule has 100 valence electrons. The number of ether oxygens (including phenoxy) is 3. The van der Waals surface area contributed by atoms with Gasteiger partial charge in [-0.05, 0) is 6.42 Å². The van der Waals surface area contributed by atoms with Crippen molar-refractivity contribution in [1.29, 1.82) is 0 Å². The molecule has 0 aromatic rings. The van der Waals surface area contributed by atoms with Gasteiger partial charge in [-0.25, -0.2) is 0 Å². The first-order chi connectivity index (χ1) is 7.99. The molecule has 0 heterocycles. The van der Waals surface area contributed by atoms with Gasteiger partial charge in [0.25, 0.3) is 0 Å². The first-order valence-corrected chi connectivity index (χ1v) is 5.45. The van der Waals surface area contributed by atoms with Crippen molar-refractivity contribution in [3.8, 4) is 0 Å². The number of hydrogen-bond acceptors (Lipinski definition) is 5. The van der Waals surface area contributed by atoms with Gasteiger partial charge in [0.1, 0.15) is 0 Å². The largest absolute Gasteiger partial charge is 0.481 e. The van der Waals surface area contributed by atoms with Crippen molar-refractivity contribution in [3.63, 3.8) is 0 Å². The third-order valence-electron chi connectivity index (χ3n) is 2.25. The van der Waals surface area contributed by atoms with Crippen LogP contribution < -0.4 is 0 Å². The van der Waals surface area contributed by atoms with E-state index in [1.54, 1.807) is 21.0 Å². The Morgan fingerprint density at radius 3 is 2.35 bits per heavy atom. The van der Waals surface area contributed by atoms with Crippen molar-refractivity contribution < 1.29 is 28.9 Å². The summed E-state index contributed by atoms with van der Waals surface area (Å²) in [4.78, 5) is 22.0. The van der Waals surface area contributed by atoms with Crippen molar-refractivity contribution in [3.05, 3.63) is 0 Å². The molecule has 0 spiro atoms. The Morgan fingerprint density at radius 2 is 1.82 bits per heavy atom. The van der Waals surface area contributed by atoms with E-state index in [9.17, 15) is 9.59 Å². The van der Waals surface area contributed by atoms with Gasteiger partial charge in [0.2, 0.25) is 0 Å². The third kappa shape index (κ3) is 7.70.